The summed E-state index contributed by atoms with van der Waals surface area (Å²) in [4.78, 5) is 1.42. The van der Waals surface area contributed by atoms with Crippen LogP contribution in [0.4, 0.5) is 0 Å². The molecule has 1 aromatic heterocycles. The third-order valence-corrected chi connectivity index (χ3v) is 5.73. The van der Waals surface area contributed by atoms with Gasteiger partial charge in [-0.3, -0.25) is 0 Å². The van der Waals surface area contributed by atoms with Gasteiger partial charge in [0.25, 0.3) is 0 Å². The first-order valence-corrected chi connectivity index (χ1v) is 8.00. The molecule has 0 saturated carbocycles. The summed E-state index contributed by atoms with van der Waals surface area (Å²) in [6.45, 7) is 2.34. The molecule has 2 nitrogen and oxygen atoms in total. The van der Waals surface area contributed by atoms with Crippen molar-refractivity contribution in [2.45, 2.75) is 23.1 Å². The Balaban J connectivity index is 1.67. The molecule has 1 unspecified atom stereocenters. The van der Waals surface area contributed by atoms with Gasteiger partial charge in [0, 0.05) is 24.0 Å². The molecule has 0 bridgehead atoms. The average Bonchev–Trinajstić information content (AvgIpc) is 2.92. The first kappa shape index (κ1) is 12.5. The smallest absolute Gasteiger partial charge is 0.0762 e. The van der Waals surface area contributed by atoms with Crippen LogP contribution < -0.4 is 5.32 Å². The van der Waals surface area contributed by atoms with Crippen LogP contribution in [0.2, 0.25) is 0 Å². The van der Waals surface area contributed by atoms with Gasteiger partial charge in [-0.15, -0.1) is 11.3 Å². The third-order valence-electron chi connectivity index (χ3n) is 3.43. The molecule has 4 heteroatoms. The standard InChI is InChI=1S/C14H18N2S2/c1-15-12-7-8-16(10-12)18-14-9-11-5-3-2-4-6-13(11)17-14/h2-4,6,9,12,15H,5,7-8,10H2,1H3. The van der Waals surface area contributed by atoms with E-state index in [0.29, 0.717) is 6.04 Å². The molecule has 1 aromatic rings. The molecule has 2 heterocycles. The lowest BCUT2D eigenvalue weighted by Gasteiger charge is -2.12. The number of nitrogens with zero attached hydrogens (tertiary/aromatic N) is 1. The molecule has 0 aromatic carbocycles. The molecule has 3 rings (SSSR count). The van der Waals surface area contributed by atoms with E-state index in [1.807, 2.05) is 23.3 Å². The van der Waals surface area contributed by atoms with E-state index in [4.69, 9.17) is 0 Å². The van der Waals surface area contributed by atoms with E-state index in [0.717, 1.165) is 13.0 Å². The van der Waals surface area contributed by atoms with Gasteiger partial charge in [-0.1, -0.05) is 18.2 Å². The third kappa shape index (κ3) is 2.72. The Hall–Kier alpha value is -0.550. The van der Waals surface area contributed by atoms with Crippen molar-refractivity contribution in [3.63, 3.8) is 0 Å². The molecule has 1 N–H and O–H groups in total. The molecule has 18 heavy (non-hydrogen) atoms. The van der Waals surface area contributed by atoms with Crippen LogP contribution in [0, 0.1) is 0 Å². The van der Waals surface area contributed by atoms with Crippen molar-refractivity contribution in [3.8, 4) is 0 Å². The minimum atomic E-state index is 0.665. The Kier molecular flexibility index (Phi) is 3.89. The Morgan fingerprint density at radius 1 is 1.44 bits per heavy atom. The van der Waals surface area contributed by atoms with Gasteiger partial charge in [0.2, 0.25) is 0 Å². The highest BCUT2D eigenvalue weighted by atomic mass is 32.2. The summed E-state index contributed by atoms with van der Waals surface area (Å²) in [5.74, 6) is 0. The van der Waals surface area contributed by atoms with Crippen molar-refractivity contribution >= 4 is 29.4 Å². The number of fused-ring (bicyclic) bond motifs is 1. The first-order valence-electron chi connectivity index (χ1n) is 6.41. The predicted molar refractivity (Wildman–Crippen MR) is 81.1 cm³/mol. The van der Waals surface area contributed by atoms with Crippen LogP contribution in [0.25, 0.3) is 6.08 Å². The Morgan fingerprint density at radius 3 is 3.22 bits per heavy atom. The van der Waals surface area contributed by atoms with Crippen molar-refractivity contribution in [1.29, 1.82) is 0 Å². The first-order chi connectivity index (χ1) is 8.85. The molecule has 96 valence electrons. The minimum Gasteiger partial charge on any atom is -0.316 e. The summed E-state index contributed by atoms with van der Waals surface area (Å²) in [5.41, 5.74) is 1.47. The van der Waals surface area contributed by atoms with Crippen LogP contribution in [0.5, 0.6) is 0 Å². The SMILES string of the molecule is CNC1CCN(Sc2cc3c(s2)C=CC=CC3)C1. The van der Waals surface area contributed by atoms with Crippen LogP contribution in [-0.4, -0.2) is 30.5 Å². The van der Waals surface area contributed by atoms with E-state index in [1.165, 1.54) is 27.6 Å². The second-order valence-electron chi connectivity index (χ2n) is 4.70. The molecular formula is C14H18N2S2. The van der Waals surface area contributed by atoms with E-state index >= 15 is 0 Å². The Morgan fingerprint density at radius 2 is 2.39 bits per heavy atom. The van der Waals surface area contributed by atoms with Gasteiger partial charge in [0.05, 0.1) is 4.21 Å². The molecule has 1 atom stereocenters. The number of nitrogens with one attached hydrogen (secondary N) is 1. The van der Waals surface area contributed by atoms with Crippen LogP contribution >= 0.6 is 23.3 Å². The molecule has 1 saturated heterocycles. The quantitative estimate of drug-likeness (QED) is 0.855. The summed E-state index contributed by atoms with van der Waals surface area (Å²) in [6.07, 6.45) is 11.1. The zero-order chi connectivity index (χ0) is 12.4. The topological polar surface area (TPSA) is 15.3 Å². The summed E-state index contributed by atoms with van der Waals surface area (Å²) in [6, 6.07) is 3.02. The predicted octanol–water partition coefficient (Wildman–Crippen LogP) is 3.17. The maximum absolute atomic E-state index is 3.36. The summed E-state index contributed by atoms with van der Waals surface area (Å²) in [7, 11) is 2.06. The zero-order valence-electron chi connectivity index (χ0n) is 10.6. The number of thiophene rings is 1. The van der Waals surface area contributed by atoms with E-state index in [2.05, 4.69) is 47.0 Å². The number of allylic oxidation sites excluding steroid dienone is 3. The van der Waals surface area contributed by atoms with Gasteiger partial charge in [0.15, 0.2) is 0 Å². The second-order valence-corrected chi connectivity index (χ2v) is 7.18. The van der Waals surface area contributed by atoms with E-state index in [-0.39, 0.29) is 0 Å². The lowest BCUT2D eigenvalue weighted by atomic mass is 10.2. The minimum absolute atomic E-state index is 0.665. The lowest BCUT2D eigenvalue weighted by molar-refractivity contribution is 0.543. The molecular weight excluding hydrogens is 260 g/mol. The fourth-order valence-electron chi connectivity index (χ4n) is 2.35. The maximum Gasteiger partial charge on any atom is 0.0762 e. The number of likely N-dealkylation sites (N-methyl/N-ethyl adjacent to an activating group) is 1. The summed E-state index contributed by atoms with van der Waals surface area (Å²) < 4.78 is 3.91. The van der Waals surface area contributed by atoms with Gasteiger partial charge in [-0.25, -0.2) is 4.31 Å². The van der Waals surface area contributed by atoms with Crippen molar-refractivity contribution in [3.05, 3.63) is 34.7 Å². The highest BCUT2D eigenvalue weighted by Crippen LogP contribution is 2.36. The molecule has 2 aliphatic rings. The molecule has 0 radical (unpaired) electrons. The average molecular weight is 278 g/mol. The van der Waals surface area contributed by atoms with Crippen molar-refractivity contribution in [2.75, 3.05) is 20.1 Å². The monoisotopic (exact) mass is 278 g/mol. The lowest BCUT2D eigenvalue weighted by Crippen LogP contribution is -2.27. The van der Waals surface area contributed by atoms with Gasteiger partial charge in [-0.05, 0) is 49.5 Å². The molecule has 0 spiro atoms. The summed E-state index contributed by atoms with van der Waals surface area (Å²) >= 11 is 3.84. The van der Waals surface area contributed by atoms with Crippen LogP contribution in [0.3, 0.4) is 0 Å². The number of hydrogen-bond acceptors (Lipinski definition) is 4. The number of rotatable bonds is 3. The normalized spacial score (nSPS) is 23.3. The fourth-order valence-corrected chi connectivity index (χ4v) is 4.83. The van der Waals surface area contributed by atoms with Crippen molar-refractivity contribution < 1.29 is 0 Å². The van der Waals surface area contributed by atoms with Crippen molar-refractivity contribution in [1.82, 2.24) is 9.62 Å². The Bertz CT molecular complexity index is 476. The van der Waals surface area contributed by atoms with Crippen LogP contribution in [0.1, 0.15) is 16.9 Å². The van der Waals surface area contributed by atoms with E-state index in [9.17, 15) is 0 Å². The molecule has 1 aliphatic heterocycles. The molecule has 1 aliphatic carbocycles. The van der Waals surface area contributed by atoms with Crippen molar-refractivity contribution in [2.24, 2.45) is 0 Å². The fraction of sp³-hybridized carbons (Fsp3) is 0.429. The Labute approximate surface area is 117 Å². The molecule has 1 fully saturated rings. The largest absolute Gasteiger partial charge is 0.316 e. The van der Waals surface area contributed by atoms with Gasteiger partial charge >= 0.3 is 0 Å². The highest BCUT2D eigenvalue weighted by Gasteiger charge is 2.22. The van der Waals surface area contributed by atoms with Gasteiger partial charge < -0.3 is 5.32 Å². The molecule has 0 amide bonds. The van der Waals surface area contributed by atoms with E-state index in [1.54, 1.807) is 0 Å². The maximum atomic E-state index is 3.36. The van der Waals surface area contributed by atoms with E-state index < -0.39 is 0 Å². The zero-order valence-corrected chi connectivity index (χ0v) is 12.2. The van der Waals surface area contributed by atoms with Crippen LogP contribution in [-0.2, 0) is 6.42 Å². The second kappa shape index (κ2) is 5.61. The number of hydrogen-bond donors (Lipinski definition) is 1. The van der Waals surface area contributed by atoms with Gasteiger partial charge in [0.1, 0.15) is 0 Å². The van der Waals surface area contributed by atoms with Gasteiger partial charge in [-0.2, -0.15) is 0 Å². The van der Waals surface area contributed by atoms with Crippen LogP contribution in [0.15, 0.2) is 28.5 Å². The highest BCUT2D eigenvalue weighted by molar-refractivity contribution is 7.99. The summed E-state index contributed by atoms with van der Waals surface area (Å²) in [5, 5.41) is 3.36.